The van der Waals surface area contributed by atoms with E-state index in [1.165, 1.54) is 23.1 Å². The predicted molar refractivity (Wildman–Crippen MR) is 172 cm³/mol. The Morgan fingerprint density at radius 2 is 1.45 bits per heavy atom. The van der Waals surface area contributed by atoms with E-state index >= 15 is 0 Å². The van der Waals surface area contributed by atoms with Gasteiger partial charge in [0.15, 0.2) is 0 Å². The van der Waals surface area contributed by atoms with E-state index in [0.29, 0.717) is 10.6 Å². The molecule has 7 nitrogen and oxygen atoms in total. The second-order valence-corrected chi connectivity index (χ2v) is 13.1. The van der Waals surface area contributed by atoms with Crippen LogP contribution in [0.1, 0.15) is 25.0 Å². The van der Waals surface area contributed by atoms with Gasteiger partial charge in [0.1, 0.15) is 18.4 Å². The Morgan fingerprint density at radius 3 is 2.05 bits per heavy atom. The molecule has 0 radical (unpaired) electrons. The molecule has 0 bridgehead atoms. The molecule has 0 heterocycles. The molecule has 44 heavy (non-hydrogen) atoms. The quantitative estimate of drug-likeness (QED) is 0.189. The number of carbonyl (C=O) groups is 2. The van der Waals surface area contributed by atoms with Crippen molar-refractivity contribution in [3.05, 3.63) is 130 Å². The molecular weight excluding hydrogens is 624 g/mol. The van der Waals surface area contributed by atoms with Gasteiger partial charge in [0.05, 0.1) is 15.6 Å². The van der Waals surface area contributed by atoms with Gasteiger partial charge in [0.25, 0.3) is 10.0 Å². The minimum atomic E-state index is -4.33. The zero-order chi connectivity index (χ0) is 31.9. The van der Waals surface area contributed by atoms with Crippen molar-refractivity contribution in [2.75, 3.05) is 10.8 Å². The Balaban J connectivity index is 1.81. The number of anilines is 1. The van der Waals surface area contributed by atoms with Crippen molar-refractivity contribution in [3.63, 3.8) is 0 Å². The predicted octanol–water partition coefficient (Wildman–Crippen LogP) is 6.49. The van der Waals surface area contributed by atoms with Crippen LogP contribution in [-0.2, 0) is 32.6 Å². The second kappa shape index (κ2) is 14.7. The molecule has 0 fully saturated rings. The highest BCUT2D eigenvalue weighted by molar-refractivity contribution is 7.92. The summed E-state index contributed by atoms with van der Waals surface area (Å²) in [6.07, 6.45) is 0.173. The van der Waals surface area contributed by atoms with Crippen LogP contribution in [0, 0.1) is 5.82 Å². The zero-order valence-electron chi connectivity index (χ0n) is 24.2. The van der Waals surface area contributed by atoms with Crippen molar-refractivity contribution in [2.24, 2.45) is 0 Å². The van der Waals surface area contributed by atoms with E-state index < -0.39 is 40.2 Å². The lowest BCUT2D eigenvalue weighted by molar-refractivity contribution is -0.140. The summed E-state index contributed by atoms with van der Waals surface area (Å²) in [5, 5.41) is 3.10. The number of nitrogens with zero attached hydrogens (tertiary/aromatic N) is 2. The van der Waals surface area contributed by atoms with Gasteiger partial charge in [-0.05, 0) is 67.4 Å². The summed E-state index contributed by atoms with van der Waals surface area (Å²) in [6.45, 7) is 2.93. The van der Waals surface area contributed by atoms with E-state index in [1.54, 1.807) is 42.5 Å². The highest BCUT2D eigenvalue weighted by Gasteiger charge is 2.35. The summed E-state index contributed by atoms with van der Waals surface area (Å²) in [6, 6.07) is 25.9. The largest absolute Gasteiger partial charge is 0.352 e. The zero-order valence-corrected chi connectivity index (χ0v) is 26.5. The molecule has 0 aliphatic rings. The number of carbonyl (C=O) groups excluding carboxylic acids is 2. The molecule has 4 rings (SSSR count). The van der Waals surface area contributed by atoms with Crippen molar-refractivity contribution < 1.29 is 22.4 Å². The summed E-state index contributed by atoms with van der Waals surface area (Å²) in [5.41, 5.74) is 1.48. The van der Waals surface area contributed by atoms with Gasteiger partial charge in [-0.3, -0.25) is 13.9 Å². The Kier molecular flexibility index (Phi) is 11.0. The van der Waals surface area contributed by atoms with Crippen LogP contribution >= 0.6 is 23.2 Å². The molecule has 4 aromatic rings. The van der Waals surface area contributed by atoms with Crippen LogP contribution in [0.2, 0.25) is 10.0 Å². The first-order valence-corrected chi connectivity index (χ1v) is 16.1. The van der Waals surface area contributed by atoms with Crippen molar-refractivity contribution in [3.8, 4) is 0 Å². The van der Waals surface area contributed by atoms with E-state index in [4.69, 9.17) is 23.2 Å². The smallest absolute Gasteiger partial charge is 0.264 e. The molecule has 11 heteroatoms. The van der Waals surface area contributed by atoms with Crippen molar-refractivity contribution in [1.82, 2.24) is 10.2 Å². The fourth-order valence-corrected chi connectivity index (χ4v) is 6.34. The van der Waals surface area contributed by atoms with Gasteiger partial charge < -0.3 is 10.2 Å². The highest BCUT2D eigenvalue weighted by atomic mass is 35.5. The molecule has 1 N–H and O–H groups in total. The second-order valence-electron chi connectivity index (χ2n) is 10.4. The topological polar surface area (TPSA) is 86.8 Å². The highest BCUT2D eigenvalue weighted by Crippen LogP contribution is 2.28. The number of hydrogen-bond donors (Lipinski definition) is 1. The molecule has 2 amide bonds. The lowest BCUT2D eigenvalue weighted by atomic mass is 10.0. The number of hydrogen-bond acceptors (Lipinski definition) is 4. The molecule has 0 spiro atoms. The minimum absolute atomic E-state index is 0.00807. The van der Waals surface area contributed by atoms with Crippen LogP contribution in [0.5, 0.6) is 0 Å². The fourth-order valence-electron chi connectivity index (χ4n) is 4.61. The Hall–Kier alpha value is -3.92. The SMILES string of the molecule is CC(C)NC(=O)C(Cc1ccccc1)N(Cc1ccc(Cl)cc1)C(=O)CN(c1ccc(F)c(Cl)c1)S(=O)(=O)c1ccccc1. The van der Waals surface area contributed by atoms with Crippen LogP contribution < -0.4 is 9.62 Å². The molecule has 1 atom stereocenters. The number of benzene rings is 4. The molecule has 0 saturated heterocycles. The first kappa shape index (κ1) is 33.0. The number of halogens is 3. The molecular formula is C33H32Cl2FN3O4S. The van der Waals surface area contributed by atoms with Crippen molar-refractivity contribution >= 4 is 50.7 Å². The third-order valence-corrected chi connectivity index (χ3v) is 9.10. The van der Waals surface area contributed by atoms with E-state index in [2.05, 4.69) is 5.32 Å². The first-order valence-electron chi connectivity index (χ1n) is 13.9. The average Bonchev–Trinajstić information content (AvgIpc) is 3.00. The minimum Gasteiger partial charge on any atom is -0.352 e. The van der Waals surface area contributed by atoms with E-state index in [-0.39, 0.29) is 34.6 Å². The molecule has 1 unspecified atom stereocenters. The van der Waals surface area contributed by atoms with Crippen LogP contribution in [0.25, 0.3) is 0 Å². The van der Waals surface area contributed by atoms with Crippen molar-refractivity contribution in [2.45, 2.75) is 43.8 Å². The maximum Gasteiger partial charge on any atom is 0.264 e. The number of nitrogens with one attached hydrogen (secondary N) is 1. The summed E-state index contributed by atoms with van der Waals surface area (Å²) in [4.78, 5) is 29.3. The van der Waals surface area contributed by atoms with Crippen LogP contribution in [0.15, 0.2) is 108 Å². The standard InChI is InChI=1S/C33H32Cl2FN3O4S/c1-23(2)37-33(41)31(19-24-9-5-3-6-10-24)38(21-25-13-15-26(34)16-14-25)32(40)22-39(27-17-18-30(36)29(35)20-27)44(42,43)28-11-7-4-8-12-28/h3-18,20,23,31H,19,21-22H2,1-2H3,(H,37,41). The average molecular weight is 657 g/mol. The summed E-state index contributed by atoms with van der Waals surface area (Å²) < 4.78 is 42.9. The van der Waals surface area contributed by atoms with Crippen LogP contribution in [-0.4, -0.2) is 43.8 Å². The summed E-state index contributed by atoms with van der Waals surface area (Å²) in [7, 11) is -4.33. The van der Waals surface area contributed by atoms with Gasteiger partial charge in [-0.25, -0.2) is 12.8 Å². The normalized spacial score (nSPS) is 12.0. The van der Waals surface area contributed by atoms with Gasteiger partial charge in [0.2, 0.25) is 11.8 Å². The molecule has 0 aliphatic carbocycles. The Labute approximate surface area is 267 Å². The van der Waals surface area contributed by atoms with Gasteiger partial charge in [-0.2, -0.15) is 0 Å². The van der Waals surface area contributed by atoms with E-state index in [0.717, 1.165) is 22.0 Å². The lowest BCUT2D eigenvalue weighted by Gasteiger charge is -2.34. The van der Waals surface area contributed by atoms with Crippen LogP contribution in [0.4, 0.5) is 10.1 Å². The van der Waals surface area contributed by atoms with E-state index in [9.17, 15) is 22.4 Å². The third kappa shape index (κ3) is 8.37. The fraction of sp³-hybridized carbons (Fsp3) is 0.212. The lowest BCUT2D eigenvalue weighted by Crippen LogP contribution is -2.54. The van der Waals surface area contributed by atoms with Gasteiger partial charge in [-0.15, -0.1) is 0 Å². The van der Waals surface area contributed by atoms with Gasteiger partial charge in [-0.1, -0.05) is 83.9 Å². The number of amides is 2. The molecule has 4 aromatic carbocycles. The molecule has 0 aliphatic heterocycles. The molecule has 230 valence electrons. The first-order chi connectivity index (χ1) is 21.0. The molecule has 0 saturated carbocycles. The van der Waals surface area contributed by atoms with Gasteiger partial charge >= 0.3 is 0 Å². The number of rotatable bonds is 12. The maximum absolute atomic E-state index is 14.4. The number of sulfonamides is 1. The van der Waals surface area contributed by atoms with Crippen molar-refractivity contribution in [1.29, 1.82) is 0 Å². The molecule has 0 aromatic heterocycles. The summed E-state index contributed by atoms with van der Waals surface area (Å²) >= 11 is 12.2. The maximum atomic E-state index is 14.4. The van der Waals surface area contributed by atoms with E-state index in [1.807, 2.05) is 44.2 Å². The van der Waals surface area contributed by atoms with Crippen LogP contribution in [0.3, 0.4) is 0 Å². The van der Waals surface area contributed by atoms with Gasteiger partial charge in [0, 0.05) is 24.0 Å². The monoisotopic (exact) mass is 655 g/mol. The Morgan fingerprint density at radius 1 is 0.841 bits per heavy atom. The third-order valence-electron chi connectivity index (χ3n) is 6.77. The Bertz CT molecular complexity index is 1690. The summed E-state index contributed by atoms with van der Waals surface area (Å²) in [5.74, 6) is -1.79.